The average molecular weight is 224 g/mol. The second kappa shape index (κ2) is 5.93. The molecule has 1 aromatic rings. The highest BCUT2D eigenvalue weighted by molar-refractivity contribution is 7.99. The van der Waals surface area contributed by atoms with Gasteiger partial charge < -0.3 is 4.74 Å². The predicted octanol–water partition coefficient (Wildman–Crippen LogP) is 3.02. The lowest BCUT2D eigenvalue weighted by Gasteiger charge is -2.08. The fourth-order valence-electron chi connectivity index (χ4n) is 1.09. The summed E-state index contributed by atoms with van der Waals surface area (Å²) in [5, 5.41) is 0. The van der Waals surface area contributed by atoms with Crippen LogP contribution in [0.3, 0.4) is 0 Å². The van der Waals surface area contributed by atoms with Crippen molar-refractivity contribution in [2.45, 2.75) is 24.8 Å². The fourth-order valence-corrected chi connectivity index (χ4v) is 2.03. The van der Waals surface area contributed by atoms with Crippen LogP contribution in [0, 0.1) is 0 Å². The first kappa shape index (κ1) is 12.3. The molecule has 2 nitrogen and oxygen atoms in total. The van der Waals surface area contributed by atoms with E-state index in [1.165, 1.54) is 0 Å². The Morgan fingerprint density at radius 2 is 2.27 bits per heavy atom. The Morgan fingerprint density at radius 1 is 1.53 bits per heavy atom. The number of thioether (sulfide) groups is 1. The van der Waals surface area contributed by atoms with E-state index in [1.54, 1.807) is 25.8 Å². The third-order valence-electron chi connectivity index (χ3n) is 2.13. The summed E-state index contributed by atoms with van der Waals surface area (Å²) in [6.45, 7) is 3.61. The van der Waals surface area contributed by atoms with Gasteiger partial charge in [0.05, 0.1) is 6.10 Å². The number of Topliss-reactive ketones (excluding diaryl/α,β-unsaturated/α-hetero) is 1. The molecular formula is C12H16O2S. The Labute approximate surface area is 95.0 Å². The van der Waals surface area contributed by atoms with Crippen molar-refractivity contribution in [3.8, 4) is 0 Å². The smallest absolute Gasteiger partial charge is 0.159 e. The molecule has 15 heavy (non-hydrogen) atoms. The van der Waals surface area contributed by atoms with E-state index in [1.807, 2.05) is 31.2 Å². The highest BCUT2D eigenvalue weighted by Crippen LogP contribution is 2.20. The number of hydrogen-bond acceptors (Lipinski definition) is 3. The summed E-state index contributed by atoms with van der Waals surface area (Å²) in [5.41, 5.74) is 0.769. The molecule has 0 radical (unpaired) electrons. The zero-order chi connectivity index (χ0) is 11.3. The van der Waals surface area contributed by atoms with Crippen molar-refractivity contribution in [2.24, 2.45) is 0 Å². The zero-order valence-electron chi connectivity index (χ0n) is 9.32. The van der Waals surface area contributed by atoms with Crippen LogP contribution in [0.5, 0.6) is 0 Å². The molecular weight excluding hydrogens is 208 g/mol. The molecule has 0 aromatic heterocycles. The van der Waals surface area contributed by atoms with Gasteiger partial charge in [0.1, 0.15) is 0 Å². The molecule has 0 N–H and O–H groups in total. The van der Waals surface area contributed by atoms with Gasteiger partial charge in [-0.25, -0.2) is 0 Å². The number of methoxy groups -OCH3 is 1. The molecule has 1 aromatic carbocycles. The number of ether oxygens (including phenoxy) is 1. The Bertz CT molecular complexity index is 336. The van der Waals surface area contributed by atoms with Crippen molar-refractivity contribution in [1.82, 2.24) is 0 Å². The minimum atomic E-state index is 0.109. The van der Waals surface area contributed by atoms with Gasteiger partial charge in [-0.05, 0) is 26.0 Å². The van der Waals surface area contributed by atoms with Crippen molar-refractivity contribution >= 4 is 17.5 Å². The molecule has 0 aliphatic rings. The van der Waals surface area contributed by atoms with Crippen LogP contribution in [0.15, 0.2) is 29.2 Å². The van der Waals surface area contributed by atoms with Gasteiger partial charge in [0.25, 0.3) is 0 Å². The maximum atomic E-state index is 11.2. The maximum absolute atomic E-state index is 11.2. The monoisotopic (exact) mass is 224 g/mol. The summed E-state index contributed by atoms with van der Waals surface area (Å²) >= 11 is 1.71. The second-order valence-corrected chi connectivity index (χ2v) is 4.53. The first-order chi connectivity index (χ1) is 7.13. The molecule has 0 saturated carbocycles. The van der Waals surface area contributed by atoms with E-state index < -0.39 is 0 Å². The van der Waals surface area contributed by atoms with E-state index in [0.717, 1.165) is 16.2 Å². The predicted molar refractivity (Wildman–Crippen MR) is 63.6 cm³/mol. The van der Waals surface area contributed by atoms with Crippen LogP contribution in [0.1, 0.15) is 24.2 Å². The standard InChI is InChI=1S/C12H16O2S/c1-9(14-3)8-15-12-6-4-5-11(7-12)10(2)13/h4-7,9H,8H2,1-3H3. The van der Waals surface area contributed by atoms with Gasteiger partial charge in [-0.2, -0.15) is 0 Å². The molecule has 1 rings (SSSR count). The van der Waals surface area contributed by atoms with Crippen LogP contribution in [0.4, 0.5) is 0 Å². The van der Waals surface area contributed by atoms with Crippen LogP contribution in [-0.2, 0) is 4.74 Å². The average Bonchev–Trinajstić information content (AvgIpc) is 2.26. The van der Waals surface area contributed by atoms with Crippen molar-refractivity contribution in [2.75, 3.05) is 12.9 Å². The molecule has 3 heteroatoms. The van der Waals surface area contributed by atoms with E-state index in [2.05, 4.69) is 0 Å². The molecule has 0 amide bonds. The summed E-state index contributed by atoms with van der Waals surface area (Å²) < 4.78 is 5.16. The van der Waals surface area contributed by atoms with Crippen molar-refractivity contribution in [3.63, 3.8) is 0 Å². The minimum absolute atomic E-state index is 0.109. The maximum Gasteiger partial charge on any atom is 0.159 e. The number of carbonyl (C=O) groups excluding carboxylic acids is 1. The van der Waals surface area contributed by atoms with E-state index in [9.17, 15) is 4.79 Å². The van der Waals surface area contributed by atoms with Crippen molar-refractivity contribution in [1.29, 1.82) is 0 Å². The number of rotatable bonds is 5. The third kappa shape index (κ3) is 4.06. The van der Waals surface area contributed by atoms with Gasteiger partial charge in [0.2, 0.25) is 0 Å². The zero-order valence-corrected chi connectivity index (χ0v) is 10.1. The fraction of sp³-hybridized carbons (Fsp3) is 0.417. The first-order valence-corrected chi connectivity index (χ1v) is 5.88. The van der Waals surface area contributed by atoms with Crippen LogP contribution in [0.25, 0.3) is 0 Å². The number of benzene rings is 1. The van der Waals surface area contributed by atoms with Crippen molar-refractivity contribution in [3.05, 3.63) is 29.8 Å². The number of ketones is 1. The molecule has 1 unspecified atom stereocenters. The molecule has 0 saturated heterocycles. The molecule has 0 bridgehead atoms. The third-order valence-corrected chi connectivity index (χ3v) is 3.35. The topological polar surface area (TPSA) is 26.3 Å². The van der Waals surface area contributed by atoms with Crippen molar-refractivity contribution < 1.29 is 9.53 Å². The summed E-state index contributed by atoms with van der Waals surface area (Å²) in [6.07, 6.45) is 0.232. The quantitative estimate of drug-likeness (QED) is 0.568. The number of carbonyl (C=O) groups is 1. The Hall–Kier alpha value is -0.800. The molecule has 0 aliphatic carbocycles. The summed E-state index contributed by atoms with van der Waals surface area (Å²) in [4.78, 5) is 12.3. The SMILES string of the molecule is COC(C)CSc1cccc(C(C)=O)c1. The lowest BCUT2D eigenvalue weighted by molar-refractivity contribution is 0.101. The minimum Gasteiger partial charge on any atom is -0.381 e. The van der Waals surface area contributed by atoms with Gasteiger partial charge >= 0.3 is 0 Å². The molecule has 0 heterocycles. The highest BCUT2D eigenvalue weighted by atomic mass is 32.2. The molecule has 0 aliphatic heterocycles. The van der Waals surface area contributed by atoms with Gasteiger partial charge in [-0.3, -0.25) is 4.79 Å². The largest absolute Gasteiger partial charge is 0.381 e. The lowest BCUT2D eigenvalue weighted by atomic mass is 10.2. The van der Waals surface area contributed by atoms with E-state index >= 15 is 0 Å². The van der Waals surface area contributed by atoms with E-state index in [4.69, 9.17) is 4.74 Å². The Balaban J connectivity index is 2.62. The molecule has 1 atom stereocenters. The first-order valence-electron chi connectivity index (χ1n) is 4.90. The molecule has 0 fully saturated rings. The summed E-state index contributed by atoms with van der Waals surface area (Å²) in [7, 11) is 1.71. The van der Waals surface area contributed by atoms with Crippen LogP contribution < -0.4 is 0 Å². The van der Waals surface area contributed by atoms with Gasteiger partial charge in [0.15, 0.2) is 5.78 Å². The molecule has 82 valence electrons. The van der Waals surface area contributed by atoms with Gasteiger partial charge in [-0.1, -0.05) is 12.1 Å². The Kier molecular flexibility index (Phi) is 4.85. The van der Waals surface area contributed by atoms with E-state index in [-0.39, 0.29) is 11.9 Å². The lowest BCUT2D eigenvalue weighted by Crippen LogP contribution is -2.07. The van der Waals surface area contributed by atoms with Gasteiger partial charge in [-0.15, -0.1) is 11.8 Å². The highest BCUT2D eigenvalue weighted by Gasteiger charge is 2.03. The Morgan fingerprint density at radius 3 is 2.87 bits per heavy atom. The van der Waals surface area contributed by atoms with Crippen LogP contribution >= 0.6 is 11.8 Å². The van der Waals surface area contributed by atoms with Gasteiger partial charge in [0, 0.05) is 23.3 Å². The number of hydrogen-bond donors (Lipinski definition) is 0. The van der Waals surface area contributed by atoms with Crippen LogP contribution in [0.2, 0.25) is 0 Å². The normalized spacial score (nSPS) is 12.5. The summed E-state index contributed by atoms with van der Waals surface area (Å²) in [5.74, 6) is 1.01. The second-order valence-electron chi connectivity index (χ2n) is 3.44. The van der Waals surface area contributed by atoms with Crippen LogP contribution in [-0.4, -0.2) is 24.7 Å². The molecule has 0 spiro atoms. The summed E-state index contributed by atoms with van der Waals surface area (Å²) in [6, 6.07) is 7.69. The van der Waals surface area contributed by atoms with E-state index in [0.29, 0.717) is 0 Å².